The molecule has 2 nitrogen and oxygen atoms in total. The Kier molecular flexibility index (Phi) is 3.41. The van der Waals surface area contributed by atoms with Crippen molar-refractivity contribution in [1.82, 2.24) is 0 Å². The van der Waals surface area contributed by atoms with Crippen molar-refractivity contribution in [2.75, 3.05) is 11.5 Å². The van der Waals surface area contributed by atoms with Crippen molar-refractivity contribution in [1.29, 1.82) is 5.26 Å². The van der Waals surface area contributed by atoms with Crippen LogP contribution in [-0.2, 0) is 0 Å². The van der Waals surface area contributed by atoms with Gasteiger partial charge in [-0.25, -0.2) is 0 Å². The van der Waals surface area contributed by atoms with Gasteiger partial charge < -0.3 is 5.73 Å². The summed E-state index contributed by atoms with van der Waals surface area (Å²) in [5, 5.41) is 8.82. The summed E-state index contributed by atoms with van der Waals surface area (Å²) in [5.41, 5.74) is 7.52. The van der Waals surface area contributed by atoms with Crippen LogP contribution in [0.4, 0.5) is 5.69 Å². The van der Waals surface area contributed by atoms with Gasteiger partial charge in [0, 0.05) is 5.75 Å². The molecule has 2 N–H and O–H groups in total. The van der Waals surface area contributed by atoms with Crippen molar-refractivity contribution in [2.45, 2.75) is 0 Å². The molecule has 13 heavy (non-hydrogen) atoms. The monoisotopic (exact) mass is 190 g/mol. The number of nitrogens with zero attached hydrogens (tertiary/aromatic N) is 1. The van der Waals surface area contributed by atoms with Crippen molar-refractivity contribution in [2.24, 2.45) is 0 Å². The Morgan fingerprint density at radius 3 is 2.92 bits per heavy atom. The summed E-state index contributed by atoms with van der Waals surface area (Å²) in [7, 11) is 0. The standard InChI is InChI=1S/C10H10N2S/c11-7-9-8(4-2-6-13)3-1-5-10(9)12/h1-5,13H,6,12H2. The summed E-state index contributed by atoms with van der Waals surface area (Å²) >= 11 is 4.04. The third kappa shape index (κ3) is 2.27. The first-order valence-corrected chi connectivity index (χ1v) is 4.49. The van der Waals surface area contributed by atoms with E-state index in [4.69, 9.17) is 11.0 Å². The highest BCUT2D eigenvalue weighted by atomic mass is 32.1. The largest absolute Gasteiger partial charge is 0.398 e. The summed E-state index contributed by atoms with van der Waals surface area (Å²) in [6, 6.07) is 7.47. The van der Waals surface area contributed by atoms with Gasteiger partial charge in [0.15, 0.2) is 0 Å². The molecule has 3 heteroatoms. The van der Waals surface area contributed by atoms with Crippen LogP contribution in [0.15, 0.2) is 24.3 Å². The molecular weight excluding hydrogens is 180 g/mol. The first kappa shape index (κ1) is 9.69. The Bertz CT molecular complexity index is 364. The van der Waals surface area contributed by atoms with Gasteiger partial charge in [-0.1, -0.05) is 24.3 Å². The zero-order chi connectivity index (χ0) is 9.68. The molecule has 0 unspecified atom stereocenters. The highest BCUT2D eigenvalue weighted by Gasteiger charge is 2.00. The Hall–Kier alpha value is -1.40. The lowest BCUT2D eigenvalue weighted by molar-refractivity contribution is 1.47. The van der Waals surface area contributed by atoms with E-state index in [0.717, 1.165) is 5.56 Å². The van der Waals surface area contributed by atoms with E-state index in [9.17, 15) is 0 Å². The van der Waals surface area contributed by atoms with E-state index in [-0.39, 0.29) is 0 Å². The summed E-state index contributed by atoms with van der Waals surface area (Å²) in [6.45, 7) is 0. The van der Waals surface area contributed by atoms with Crippen LogP contribution in [0.1, 0.15) is 11.1 Å². The molecule has 0 fully saturated rings. The highest BCUT2D eigenvalue weighted by Crippen LogP contribution is 2.16. The van der Waals surface area contributed by atoms with Gasteiger partial charge in [-0.15, -0.1) is 0 Å². The average Bonchev–Trinajstić information content (AvgIpc) is 2.15. The van der Waals surface area contributed by atoms with Crippen LogP contribution in [-0.4, -0.2) is 5.75 Å². The van der Waals surface area contributed by atoms with Gasteiger partial charge in [0.1, 0.15) is 6.07 Å². The molecule has 0 aliphatic rings. The Labute approximate surface area is 83.1 Å². The van der Waals surface area contributed by atoms with Crippen LogP contribution < -0.4 is 5.73 Å². The fourth-order valence-electron chi connectivity index (χ4n) is 1.04. The van der Waals surface area contributed by atoms with Crippen LogP contribution in [0.2, 0.25) is 0 Å². The van der Waals surface area contributed by atoms with Crippen LogP contribution in [0.3, 0.4) is 0 Å². The van der Waals surface area contributed by atoms with Gasteiger partial charge in [-0.05, 0) is 11.6 Å². The summed E-state index contributed by atoms with van der Waals surface area (Å²) in [6.07, 6.45) is 3.72. The molecule has 1 aromatic carbocycles. The lowest BCUT2D eigenvalue weighted by atomic mass is 10.1. The van der Waals surface area contributed by atoms with Crippen LogP contribution in [0.25, 0.3) is 6.08 Å². The molecule has 0 amide bonds. The van der Waals surface area contributed by atoms with Gasteiger partial charge in [0.05, 0.1) is 11.3 Å². The maximum Gasteiger partial charge on any atom is 0.102 e. The van der Waals surface area contributed by atoms with E-state index >= 15 is 0 Å². The molecule has 66 valence electrons. The van der Waals surface area contributed by atoms with E-state index in [1.165, 1.54) is 0 Å². The normalized spacial score (nSPS) is 10.2. The molecule has 0 spiro atoms. The number of thiol groups is 1. The number of nitriles is 1. The second-order valence-corrected chi connectivity index (χ2v) is 2.87. The van der Waals surface area contributed by atoms with Crippen molar-refractivity contribution >= 4 is 24.4 Å². The van der Waals surface area contributed by atoms with Gasteiger partial charge in [-0.2, -0.15) is 17.9 Å². The minimum atomic E-state index is 0.517. The topological polar surface area (TPSA) is 49.8 Å². The van der Waals surface area contributed by atoms with Crippen molar-refractivity contribution in [3.05, 3.63) is 35.4 Å². The third-order valence-electron chi connectivity index (χ3n) is 1.64. The zero-order valence-corrected chi connectivity index (χ0v) is 7.96. The molecule has 0 aromatic heterocycles. The minimum absolute atomic E-state index is 0.517. The molecule has 1 aromatic rings. The smallest absolute Gasteiger partial charge is 0.102 e. The number of nitrogen functional groups attached to an aromatic ring is 1. The van der Waals surface area contributed by atoms with Gasteiger partial charge in [-0.3, -0.25) is 0 Å². The molecule has 0 saturated carbocycles. The molecule has 0 radical (unpaired) electrons. The van der Waals surface area contributed by atoms with Crippen LogP contribution in [0, 0.1) is 11.3 Å². The predicted molar refractivity (Wildman–Crippen MR) is 58.5 cm³/mol. The summed E-state index contributed by atoms with van der Waals surface area (Å²) in [4.78, 5) is 0. The Balaban J connectivity index is 3.15. The zero-order valence-electron chi connectivity index (χ0n) is 7.07. The van der Waals surface area contributed by atoms with E-state index < -0.39 is 0 Å². The van der Waals surface area contributed by atoms with Crippen molar-refractivity contribution in [3.63, 3.8) is 0 Å². The van der Waals surface area contributed by atoms with Crippen molar-refractivity contribution < 1.29 is 0 Å². The van der Waals surface area contributed by atoms with Gasteiger partial charge in [0.25, 0.3) is 0 Å². The molecule has 0 heterocycles. The fourth-order valence-corrected chi connectivity index (χ4v) is 1.14. The quantitative estimate of drug-likeness (QED) is 0.554. The van der Waals surface area contributed by atoms with Crippen molar-refractivity contribution in [3.8, 4) is 6.07 Å². The third-order valence-corrected chi connectivity index (χ3v) is 1.85. The van der Waals surface area contributed by atoms with E-state index in [1.807, 2.05) is 24.3 Å². The molecule has 0 aliphatic carbocycles. The molecule has 1 rings (SSSR count). The first-order chi connectivity index (χ1) is 6.29. The molecule has 0 atom stereocenters. The van der Waals surface area contributed by atoms with E-state index in [0.29, 0.717) is 17.0 Å². The molecular formula is C10H10N2S. The lowest BCUT2D eigenvalue weighted by Crippen LogP contribution is -1.92. The second-order valence-electron chi connectivity index (χ2n) is 2.51. The molecule has 0 saturated heterocycles. The maximum atomic E-state index is 8.82. The number of benzene rings is 1. The molecule has 0 bridgehead atoms. The number of rotatable bonds is 2. The predicted octanol–water partition coefficient (Wildman–Crippen LogP) is 2.08. The number of hydrogen-bond acceptors (Lipinski definition) is 3. The first-order valence-electron chi connectivity index (χ1n) is 3.85. The SMILES string of the molecule is N#Cc1c(N)cccc1C=CCS. The summed E-state index contributed by atoms with van der Waals surface area (Å²) in [5.74, 6) is 0.652. The summed E-state index contributed by atoms with van der Waals surface area (Å²) < 4.78 is 0. The van der Waals surface area contributed by atoms with Gasteiger partial charge >= 0.3 is 0 Å². The minimum Gasteiger partial charge on any atom is -0.398 e. The fraction of sp³-hybridized carbons (Fsp3) is 0.100. The number of nitrogens with two attached hydrogens (primary N) is 1. The Morgan fingerprint density at radius 2 is 2.31 bits per heavy atom. The van der Waals surface area contributed by atoms with E-state index in [1.54, 1.807) is 6.07 Å². The highest BCUT2D eigenvalue weighted by molar-refractivity contribution is 7.80. The average molecular weight is 190 g/mol. The van der Waals surface area contributed by atoms with Crippen LogP contribution in [0.5, 0.6) is 0 Å². The molecule has 0 aliphatic heterocycles. The van der Waals surface area contributed by atoms with Gasteiger partial charge in [0.2, 0.25) is 0 Å². The number of hydrogen-bond donors (Lipinski definition) is 2. The Morgan fingerprint density at radius 1 is 1.54 bits per heavy atom. The lowest BCUT2D eigenvalue weighted by Gasteiger charge is -2.00. The van der Waals surface area contributed by atoms with Crippen LogP contribution >= 0.6 is 12.6 Å². The number of anilines is 1. The second kappa shape index (κ2) is 4.58. The van der Waals surface area contributed by atoms with E-state index in [2.05, 4.69) is 18.7 Å². The maximum absolute atomic E-state index is 8.82.